The summed E-state index contributed by atoms with van der Waals surface area (Å²) >= 11 is 0. The number of aliphatic hydroxyl groups excluding tert-OH is 1. The molecule has 0 fully saturated rings. The summed E-state index contributed by atoms with van der Waals surface area (Å²) in [6.07, 6.45) is -2.63. The number of aliphatic hydroxyl groups is 1. The van der Waals surface area contributed by atoms with Gasteiger partial charge in [-0.25, -0.2) is 13.6 Å². The molecule has 0 spiro atoms. The van der Waals surface area contributed by atoms with Gasteiger partial charge in [-0.05, 0) is 51.8 Å². The molecule has 0 aliphatic rings. The molecule has 1 rings (SSSR count). The second-order valence-corrected chi connectivity index (χ2v) is 6.81. The highest BCUT2D eigenvalue weighted by molar-refractivity contribution is 5.71. The van der Waals surface area contributed by atoms with Gasteiger partial charge in [0.15, 0.2) is 0 Å². The molecule has 0 aromatic heterocycles. The number of rotatable bonds is 7. The Morgan fingerprint density at radius 2 is 1.77 bits per heavy atom. The number of amides is 1. The Bertz CT molecular complexity index is 610. The fraction of sp³-hybridized carbons (Fsp3) is 0.556. The largest absolute Gasteiger partial charge is 0.466 e. The lowest BCUT2D eigenvalue weighted by Gasteiger charge is -2.26. The number of nitrogens with one attached hydrogen (secondary N) is 1. The highest BCUT2D eigenvalue weighted by atomic mass is 19.1. The Labute approximate surface area is 151 Å². The molecule has 26 heavy (non-hydrogen) atoms. The van der Waals surface area contributed by atoms with E-state index in [1.165, 1.54) is 0 Å². The zero-order chi connectivity index (χ0) is 19.9. The molecule has 0 radical (unpaired) electrons. The van der Waals surface area contributed by atoms with Crippen LogP contribution in [0.1, 0.15) is 39.7 Å². The van der Waals surface area contributed by atoms with Crippen molar-refractivity contribution in [1.82, 2.24) is 5.32 Å². The highest BCUT2D eigenvalue weighted by Gasteiger charge is 2.27. The summed E-state index contributed by atoms with van der Waals surface area (Å²) in [6.45, 7) is 6.76. The van der Waals surface area contributed by atoms with Crippen LogP contribution in [-0.4, -0.2) is 41.5 Å². The van der Waals surface area contributed by atoms with Gasteiger partial charge in [0.1, 0.15) is 17.2 Å². The van der Waals surface area contributed by atoms with Crippen LogP contribution in [0.3, 0.4) is 0 Å². The number of carbonyl (C=O) groups excluding carboxylic acids is 2. The molecule has 6 nitrogen and oxygen atoms in total. The zero-order valence-electron chi connectivity index (χ0n) is 15.3. The van der Waals surface area contributed by atoms with Crippen LogP contribution in [0.5, 0.6) is 0 Å². The van der Waals surface area contributed by atoms with Crippen LogP contribution < -0.4 is 5.32 Å². The van der Waals surface area contributed by atoms with Gasteiger partial charge < -0.3 is 19.9 Å². The van der Waals surface area contributed by atoms with Crippen molar-refractivity contribution >= 4 is 12.1 Å². The highest BCUT2D eigenvalue weighted by Crippen LogP contribution is 2.14. The predicted octanol–water partition coefficient (Wildman–Crippen LogP) is 2.71. The number of alkyl carbamates (subject to hydrolysis) is 1. The van der Waals surface area contributed by atoms with E-state index in [0.29, 0.717) is 0 Å². The van der Waals surface area contributed by atoms with Gasteiger partial charge in [0.05, 0.1) is 25.2 Å². The van der Waals surface area contributed by atoms with Crippen LogP contribution in [0.2, 0.25) is 0 Å². The third kappa shape index (κ3) is 8.24. The first-order valence-corrected chi connectivity index (χ1v) is 8.28. The lowest BCUT2D eigenvalue weighted by atomic mass is 9.99. The molecule has 2 atom stereocenters. The second-order valence-electron chi connectivity index (χ2n) is 6.81. The summed E-state index contributed by atoms with van der Waals surface area (Å²) in [5, 5.41) is 12.7. The van der Waals surface area contributed by atoms with Gasteiger partial charge >= 0.3 is 12.1 Å². The molecule has 0 aliphatic carbocycles. The van der Waals surface area contributed by atoms with E-state index in [-0.39, 0.29) is 25.0 Å². The Balaban J connectivity index is 2.92. The average molecular weight is 373 g/mol. The van der Waals surface area contributed by atoms with Crippen LogP contribution in [0, 0.1) is 11.6 Å². The second kappa shape index (κ2) is 9.47. The monoisotopic (exact) mass is 373 g/mol. The van der Waals surface area contributed by atoms with Crippen molar-refractivity contribution in [1.29, 1.82) is 0 Å². The smallest absolute Gasteiger partial charge is 0.407 e. The van der Waals surface area contributed by atoms with E-state index in [2.05, 4.69) is 5.32 Å². The molecule has 0 saturated heterocycles. The maximum Gasteiger partial charge on any atom is 0.407 e. The van der Waals surface area contributed by atoms with Crippen molar-refractivity contribution in [3.8, 4) is 0 Å². The number of halogens is 2. The van der Waals surface area contributed by atoms with E-state index >= 15 is 0 Å². The van der Waals surface area contributed by atoms with E-state index in [4.69, 9.17) is 9.47 Å². The van der Waals surface area contributed by atoms with E-state index in [0.717, 1.165) is 18.2 Å². The lowest BCUT2D eigenvalue weighted by molar-refractivity contribution is -0.145. The van der Waals surface area contributed by atoms with Crippen molar-refractivity contribution in [2.45, 2.75) is 58.3 Å². The number of hydrogen-bond acceptors (Lipinski definition) is 5. The Hall–Kier alpha value is -2.22. The predicted molar refractivity (Wildman–Crippen MR) is 90.5 cm³/mol. The third-order valence-corrected chi connectivity index (χ3v) is 3.23. The van der Waals surface area contributed by atoms with Gasteiger partial charge in [-0.2, -0.15) is 0 Å². The third-order valence-electron chi connectivity index (χ3n) is 3.23. The van der Waals surface area contributed by atoms with E-state index in [9.17, 15) is 23.5 Å². The zero-order valence-corrected chi connectivity index (χ0v) is 15.3. The molecule has 0 aliphatic heterocycles. The molecule has 0 bridgehead atoms. The molecular weight excluding hydrogens is 348 g/mol. The quantitative estimate of drug-likeness (QED) is 0.718. The minimum absolute atomic E-state index is 0.103. The van der Waals surface area contributed by atoms with Crippen molar-refractivity contribution in [2.24, 2.45) is 0 Å². The summed E-state index contributed by atoms with van der Waals surface area (Å²) in [5.74, 6) is -2.21. The molecule has 8 heteroatoms. The Morgan fingerprint density at radius 3 is 2.27 bits per heavy atom. The van der Waals surface area contributed by atoms with Gasteiger partial charge in [-0.1, -0.05) is 0 Å². The number of hydrogen-bond donors (Lipinski definition) is 2. The summed E-state index contributed by atoms with van der Waals surface area (Å²) in [5.41, 5.74) is -0.558. The topological polar surface area (TPSA) is 84.9 Å². The van der Waals surface area contributed by atoms with Gasteiger partial charge in [0, 0.05) is 6.07 Å². The summed E-state index contributed by atoms with van der Waals surface area (Å²) in [6, 6.07) is 1.89. The number of ether oxygens (including phenoxy) is 2. The first-order chi connectivity index (χ1) is 12.0. The van der Waals surface area contributed by atoms with E-state index < -0.39 is 41.4 Å². The lowest BCUT2D eigenvalue weighted by Crippen LogP contribution is -2.47. The summed E-state index contributed by atoms with van der Waals surface area (Å²) in [7, 11) is 0. The van der Waals surface area contributed by atoms with Gasteiger partial charge in [0.25, 0.3) is 0 Å². The minimum Gasteiger partial charge on any atom is -0.466 e. The number of benzene rings is 1. The van der Waals surface area contributed by atoms with Crippen molar-refractivity contribution in [3.05, 3.63) is 35.4 Å². The number of esters is 1. The van der Waals surface area contributed by atoms with Gasteiger partial charge in [-0.15, -0.1) is 0 Å². The van der Waals surface area contributed by atoms with Crippen LogP contribution in [0.4, 0.5) is 13.6 Å². The molecule has 1 aromatic rings. The molecule has 2 N–H and O–H groups in total. The SMILES string of the molecule is CCOC(=O)C[C@@H](O)[C@H](Cc1cc(F)cc(F)c1)NC(=O)OC(C)(C)C. The maximum absolute atomic E-state index is 13.4. The van der Waals surface area contributed by atoms with Crippen LogP contribution in [-0.2, 0) is 20.7 Å². The molecular formula is C18H25F2NO5. The normalized spacial score (nSPS) is 13.7. The van der Waals surface area contributed by atoms with E-state index in [1.807, 2.05) is 0 Å². The summed E-state index contributed by atoms with van der Waals surface area (Å²) < 4.78 is 36.7. The molecule has 0 heterocycles. The molecule has 0 unspecified atom stereocenters. The molecule has 146 valence electrons. The first-order valence-electron chi connectivity index (χ1n) is 8.28. The molecule has 1 aromatic carbocycles. The van der Waals surface area contributed by atoms with Crippen LogP contribution in [0.15, 0.2) is 18.2 Å². The van der Waals surface area contributed by atoms with Crippen molar-refractivity contribution in [2.75, 3.05) is 6.61 Å². The first kappa shape index (κ1) is 21.8. The standard InChI is InChI=1S/C18H25F2NO5/c1-5-25-16(23)10-15(22)14(21-17(24)26-18(2,3)4)8-11-6-12(19)9-13(20)7-11/h6-7,9,14-15,22H,5,8,10H2,1-4H3,(H,21,24)/t14-,15+/m0/s1. The Morgan fingerprint density at radius 1 is 1.19 bits per heavy atom. The van der Waals surface area contributed by atoms with Gasteiger partial charge in [-0.3, -0.25) is 4.79 Å². The number of carbonyl (C=O) groups is 2. The molecule has 0 saturated carbocycles. The molecule has 1 amide bonds. The van der Waals surface area contributed by atoms with Crippen LogP contribution in [0.25, 0.3) is 0 Å². The summed E-state index contributed by atoms with van der Waals surface area (Å²) in [4.78, 5) is 23.6. The van der Waals surface area contributed by atoms with E-state index in [1.54, 1.807) is 27.7 Å². The maximum atomic E-state index is 13.4. The fourth-order valence-electron chi connectivity index (χ4n) is 2.26. The van der Waals surface area contributed by atoms with Crippen LogP contribution >= 0.6 is 0 Å². The van der Waals surface area contributed by atoms with Gasteiger partial charge in [0.2, 0.25) is 0 Å². The van der Waals surface area contributed by atoms with Crippen molar-refractivity contribution < 1.29 is 33.0 Å². The Kier molecular flexibility index (Phi) is 7.95. The van der Waals surface area contributed by atoms with Crippen molar-refractivity contribution in [3.63, 3.8) is 0 Å². The fourth-order valence-corrected chi connectivity index (χ4v) is 2.26. The minimum atomic E-state index is -1.33. The average Bonchev–Trinajstić information content (AvgIpc) is 2.43.